The van der Waals surface area contributed by atoms with Crippen molar-refractivity contribution in [2.24, 2.45) is 5.41 Å². The van der Waals surface area contributed by atoms with E-state index < -0.39 is 0 Å². The summed E-state index contributed by atoms with van der Waals surface area (Å²) in [6.07, 6.45) is 8.98. The fraction of sp³-hybridized carbons (Fsp3) is 0.700. The number of hydrogen-bond acceptors (Lipinski definition) is 2. The highest BCUT2D eigenvalue weighted by atomic mass is 14.9. The Bertz CT molecular complexity index is 215. The summed E-state index contributed by atoms with van der Waals surface area (Å²) in [7, 11) is 0. The summed E-state index contributed by atoms with van der Waals surface area (Å²) in [5, 5.41) is 11.8. The molecule has 1 saturated carbocycles. The fourth-order valence-corrected chi connectivity index (χ4v) is 1.27. The molecular formula is C10H14N2. The molecule has 0 aromatic rings. The van der Waals surface area contributed by atoms with E-state index in [1.54, 1.807) is 0 Å². The number of terminal acetylenes is 1. The van der Waals surface area contributed by atoms with Crippen LogP contribution in [0.4, 0.5) is 0 Å². The molecule has 1 aliphatic rings. The van der Waals surface area contributed by atoms with Crippen molar-refractivity contribution in [3.8, 4) is 18.4 Å². The summed E-state index contributed by atoms with van der Waals surface area (Å²) >= 11 is 0. The van der Waals surface area contributed by atoms with Crippen LogP contribution in [0.2, 0.25) is 0 Å². The lowest BCUT2D eigenvalue weighted by Crippen LogP contribution is -2.24. The van der Waals surface area contributed by atoms with E-state index in [1.165, 1.54) is 12.8 Å². The minimum absolute atomic E-state index is 0.309. The first-order valence-corrected chi connectivity index (χ1v) is 4.34. The quantitative estimate of drug-likeness (QED) is 0.488. The van der Waals surface area contributed by atoms with Crippen molar-refractivity contribution in [3.63, 3.8) is 0 Å². The van der Waals surface area contributed by atoms with Gasteiger partial charge in [-0.15, -0.1) is 12.3 Å². The van der Waals surface area contributed by atoms with E-state index >= 15 is 0 Å². The molecule has 0 spiro atoms. The van der Waals surface area contributed by atoms with E-state index in [-0.39, 0.29) is 0 Å². The number of nitriles is 1. The van der Waals surface area contributed by atoms with E-state index in [1.807, 2.05) is 0 Å². The first kappa shape index (κ1) is 9.10. The summed E-state index contributed by atoms with van der Waals surface area (Å²) in [5.74, 6) is 2.58. The molecule has 12 heavy (non-hydrogen) atoms. The Labute approximate surface area is 74.0 Å². The lowest BCUT2D eigenvalue weighted by Gasteiger charge is -2.10. The van der Waals surface area contributed by atoms with Gasteiger partial charge in [-0.25, -0.2) is 0 Å². The predicted octanol–water partition coefficient (Wildman–Crippen LogP) is 1.29. The predicted molar refractivity (Wildman–Crippen MR) is 48.2 cm³/mol. The van der Waals surface area contributed by atoms with Crippen molar-refractivity contribution in [3.05, 3.63) is 0 Å². The average Bonchev–Trinajstić information content (AvgIpc) is 2.81. The minimum atomic E-state index is 0.309. The van der Waals surface area contributed by atoms with Crippen molar-refractivity contribution < 1.29 is 0 Å². The van der Waals surface area contributed by atoms with E-state index in [2.05, 4.69) is 17.3 Å². The van der Waals surface area contributed by atoms with Crippen LogP contribution in [0.25, 0.3) is 0 Å². The van der Waals surface area contributed by atoms with Crippen LogP contribution < -0.4 is 5.32 Å². The number of nitrogens with one attached hydrogen (secondary N) is 1. The SMILES string of the molecule is C#CCCNCC1(CC#N)CC1. The summed E-state index contributed by atoms with van der Waals surface area (Å²) in [6, 6.07) is 2.23. The Morgan fingerprint density at radius 3 is 2.75 bits per heavy atom. The molecule has 64 valence electrons. The number of nitrogens with zero attached hydrogens (tertiary/aromatic N) is 1. The summed E-state index contributed by atoms with van der Waals surface area (Å²) in [4.78, 5) is 0. The Hall–Kier alpha value is -0.990. The van der Waals surface area contributed by atoms with Crippen LogP contribution in [0.5, 0.6) is 0 Å². The van der Waals surface area contributed by atoms with Gasteiger partial charge in [0.2, 0.25) is 0 Å². The van der Waals surface area contributed by atoms with Crippen molar-refractivity contribution in [1.82, 2.24) is 5.32 Å². The van der Waals surface area contributed by atoms with E-state index in [9.17, 15) is 0 Å². The maximum absolute atomic E-state index is 8.53. The Morgan fingerprint density at radius 2 is 2.25 bits per heavy atom. The lowest BCUT2D eigenvalue weighted by molar-refractivity contribution is 0.471. The minimum Gasteiger partial charge on any atom is -0.315 e. The zero-order chi connectivity index (χ0) is 8.86. The Morgan fingerprint density at radius 1 is 1.50 bits per heavy atom. The highest BCUT2D eigenvalue weighted by Gasteiger charge is 2.41. The lowest BCUT2D eigenvalue weighted by atomic mass is 10.0. The summed E-state index contributed by atoms with van der Waals surface area (Å²) in [5.41, 5.74) is 0.309. The molecule has 0 unspecified atom stereocenters. The van der Waals surface area contributed by atoms with Crippen LogP contribution in [-0.2, 0) is 0 Å². The highest BCUT2D eigenvalue weighted by molar-refractivity contribution is 5.00. The molecule has 1 fully saturated rings. The van der Waals surface area contributed by atoms with E-state index in [4.69, 9.17) is 11.7 Å². The van der Waals surface area contributed by atoms with Gasteiger partial charge in [0.05, 0.1) is 6.07 Å². The van der Waals surface area contributed by atoms with E-state index in [0.29, 0.717) is 11.8 Å². The van der Waals surface area contributed by atoms with Gasteiger partial charge in [0.1, 0.15) is 0 Å². The zero-order valence-electron chi connectivity index (χ0n) is 7.27. The molecule has 0 heterocycles. The monoisotopic (exact) mass is 162 g/mol. The maximum Gasteiger partial charge on any atom is 0.0628 e. The Balaban J connectivity index is 2.08. The van der Waals surface area contributed by atoms with Gasteiger partial charge in [-0.2, -0.15) is 5.26 Å². The third-order valence-electron chi connectivity index (χ3n) is 2.36. The molecule has 2 heteroatoms. The van der Waals surface area contributed by atoms with Crippen molar-refractivity contribution in [1.29, 1.82) is 5.26 Å². The molecule has 0 atom stereocenters. The molecule has 0 saturated heterocycles. The van der Waals surface area contributed by atoms with Crippen molar-refractivity contribution in [2.75, 3.05) is 13.1 Å². The molecule has 0 amide bonds. The first-order valence-electron chi connectivity index (χ1n) is 4.34. The third-order valence-corrected chi connectivity index (χ3v) is 2.36. The molecule has 0 bridgehead atoms. The Kier molecular flexibility index (Phi) is 3.14. The highest BCUT2D eigenvalue weighted by Crippen LogP contribution is 2.47. The first-order chi connectivity index (χ1) is 5.83. The van der Waals surface area contributed by atoms with Gasteiger partial charge in [-0.3, -0.25) is 0 Å². The van der Waals surface area contributed by atoms with Gasteiger partial charge in [-0.05, 0) is 18.3 Å². The molecule has 1 rings (SSSR count). The molecule has 0 radical (unpaired) electrons. The van der Waals surface area contributed by atoms with Crippen molar-refractivity contribution >= 4 is 0 Å². The summed E-state index contributed by atoms with van der Waals surface area (Å²) in [6.45, 7) is 1.84. The van der Waals surface area contributed by atoms with Gasteiger partial charge in [0.15, 0.2) is 0 Å². The van der Waals surface area contributed by atoms with Crippen LogP contribution in [0, 0.1) is 29.1 Å². The van der Waals surface area contributed by atoms with Gasteiger partial charge in [0, 0.05) is 25.9 Å². The van der Waals surface area contributed by atoms with Crippen molar-refractivity contribution in [2.45, 2.75) is 25.7 Å². The fourth-order valence-electron chi connectivity index (χ4n) is 1.27. The van der Waals surface area contributed by atoms with Crippen LogP contribution in [0.15, 0.2) is 0 Å². The van der Waals surface area contributed by atoms with Crippen LogP contribution in [-0.4, -0.2) is 13.1 Å². The maximum atomic E-state index is 8.53. The average molecular weight is 162 g/mol. The molecular weight excluding hydrogens is 148 g/mol. The molecule has 0 aromatic heterocycles. The topological polar surface area (TPSA) is 35.8 Å². The van der Waals surface area contributed by atoms with E-state index in [0.717, 1.165) is 19.5 Å². The number of hydrogen-bond donors (Lipinski definition) is 1. The molecule has 1 aliphatic carbocycles. The largest absolute Gasteiger partial charge is 0.315 e. The second kappa shape index (κ2) is 4.14. The van der Waals surface area contributed by atoms with Gasteiger partial charge < -0.3 is 5.32 Å². The van der Waals surface area contributed by atoms with Gasteiger partial charge in [0.25, 0.3) is 0 Å². The molecule has 2 nitrogen and oxygen atoms in total. The second-order valence-corrected chi connectivity index (χ2v) is 3.47. The zero-order valence-corrected chi connectivity index (χ0v) is 7.27. The molecule has 1 N–H and O–H groups in total. The van der Waals surface area contributed by atoms with Crippen LogP contribution >= 0.6 is 0 Å². The smallest absolute Gasteiger partial charge is 0.0628 e. The van der Waals surface area contributed by atoms with Gasteiger partial charge in [-0.1, -0.05) is 0 Å². The van der Waals surface area contributed by atoms with Crippen LogP contribution in [0.3, 0.4) is 0 Å². The normalized spacial score (nSPS) is 17.8. The van der Waals surface area contributed by atoms with Gasteiger partial charge >= 0.3 is 0 Å². The molecule has 0 aromatic carbocycles. The second-order valence-electron chi connectivity index (χ2n) is 3.47. The van der Waals surface area contributed by atoms with Crippen LogP contribution in [0.1, 0.15) is 25.7 Å². The standard InChI is InChI=1S/C10H14N2/c1-2-3-8-12-9-10(4-5-10)6-7-11/h1,12H,3-6,8-9H2. The third kappa shape index (κ3) is 2.57. The molecule has 0 aliphatic heterocycles. The summed E-state index contributed by atoms with van der Waals surface area (Å²) < 4.78 is 0. The number of rotatable bonds is 5.